The van der Waals surface area contributed by atoms with E-state index in [4.69, 9.17) is 4.74 Å². The van der Waals surface area contributed by atoms with Crippen molar-refractivity contribution in [1.29, 1.82) is 0 Å². The van der Waals surface area contributed by atoms with Crippen molar-refractivity contribution >= 4 is 12.1 Å². The average Bonchev–Trinajstić information content (AvgIpc) is 2.77. The molecule has 1 atom stereocenters. The number of anilines is 1. The number of fused-ring (bicyclic) bond motifs is 3. The number of rotatable bonds is 7. The Bertz CT molecular complexity index is 844. The molecule has 28 heavy (non-hydrogen) atoms. The summed E-state index contributed by atoms with van der Waals surface area (Å²) in [4.78, 5) is 10.5. The Morgan fingerprint density at radius 2 is 1.68 bits per heavy atom. The Morgan fingerprint density at radius 1 is 0.964 bits per heavy atom. The Labute approximate surface area is 165 Å². The zero-order valence-electron chi connectivity index (χ0n) is 15.5. The van der Waals surface area contributed by atoms with Gasteiger partial charge in [0.2, 0.25) is 6.41 Å². The number of aliphatic hydroxyl groups is 1. The van der Waals surface area contributed by atoms with Crippen LogP contribution in [0.3, 0.4) is 0 Å². The summed E-state index contributed by atoms with van der Waals surface area (Å²) in [6, 6.07) is 25.4. The summed E-state index contributed by atoms with van der Waals surface area (Å²) >= 11 is 0. The number of carbonyl (C=O) groups is 1. The highest BCUT2D eigenvalue weighted by Crippen LogP contribution is 2.22. The van der Waals surface area contributed by atoms with Crippen LogP contribution in [0.15, 0.2) is 78.9 Å². The van der Waals surface area contributed by atoms with Crippen molar-refractivity contribution in [3.05, 3.63) is 95.6 Å². The highest BCUT2D eigenvalue weighted by atomic mass is 16.5. The first kappa shape index (κ1) is 19.6. The van der Waals surface area contributed by atoms with Gasteiger partial charge in [0.05, 0.1) is 6.10 Å². The van der Waals surface area contributed by atoms with Gasteiger partial charge >= 0.3 is 0 Å². The van der Waals surface area contributed by atoms with Gasteiger partial charge in [-0.1, -0.05) is 60.7 Å². The Morgan fingerprint density at radius 3 is 2.25 bits per heavy atom. The molecule has 144 valence electrons. The molecule has 5 heteroatoms. The predicted octanol–water partition coefficient (Wildman–Crippen LogP) is 3.66. The second-order valence-electron chi connectivity index (χ2n) is 6.41. The van der Waals surface area contributed by atoms with Crippen LogP contribution in [0.1, 0.15) is 22.8 Å². The molecule has 2 heterocycles. The summed E-state index contributed by atoms with van der Waals surface area (Å²) in [5.41, 5.74) is 3.77. The van der Waals surface area contributed by atoms with E-state index in [-0.39, 0.29) is 0 Å². The summed E-state index contributed by atoms with van der Waals surface area (Å²) in [6.07, 6.45) is -0.0504. The molecule has 5 nitrogen and oxygen atoms in total. The molecule has 3 N–H and O–H groups in total. The third kappa shape index (κ3) is 5.67. The van der Waals surface area contributed by atoms with E-state index in [9.17, 15) is 9.90 Å². The van der Waals surface area contributed by atoms with Crippen molar-refractivity contribution in [3.8, 4) is 5.75 Å². The van der Waals surface area contributed by atoms with Crippen molar-refractivity contribution in [2.24, 2.45) is 0 Å². The van der Waals surface area contributed by atoms with E-state index >= 15 is 0 Å². The van der Waals surface area contributed by atoms with Gasteiger partial charge < -0.3 is 20.5 Å². The average molecular weight is 376 g/mol. The number of amides is 1. The molecule has 2 aliphatic rings. The van der Waals surface area contributed by atoms with E-state index in [2.05, 4.69) is 22.8 Å². The Balaban J connectivity index is 0.000000231. The molecule has 2 bridgehead atoms. The van der Waals surface area contributed by atoms with Crippen LogP contribution >= 0.6 is 0 Å². The smallest absolute Gasteiger partial charge is 0.211 e. The van der Waals surface area contributed by atoms with Crippen LogP contribution in [-0.4, -0.2) is 18.1 Å². The van der Waals surface area contributed by atoms with Gasteiger partial charge in [0.25, 0.3) is 0 Å². The molecule has 0 spiro atoms. The summed E-state index contributed by atoms with van der Waals surface area (Å²) in [7, 11) is 0. The number of hydrogen-bond acceptors (Lipinski definition) is 4. The molecule has 0 unspecified atom stereocenters. The SMILES string of the molecule is O=CNc1ccccc1[C@@H](O)CNCc1ccccc1.c1cc2ccc1CO2. The van der Waals surface area contributed by atoms with Crippen LogP contribution in [0.2, 0.25) is 0 Å². The fraction of sp³-hybridized carbons (Fsp3) is 0.174. The third-order valence-corrected chi connectivity index (χ3v) is 4.37. The quantitative estimate of drug-likeness (QED) is 0.551. The summed E-state index contributed by atoms with van der Waals surface area (Å²) < 4.78 is 5.18. The minimum absolute atomic E-state index is 0.423. The van der Waals surface area contributed by atoms with Crippen LogP contribution in [0.5, 0.6) is 5.75 Å². The van der Waals surface area contributed by atoms with Crippen LogP contribution in [-0.2, 0) is 17.9 Å². The fourth-order valence-electron chi connectivity index (χ4n) is 2.89. The zero-order valence-corrected chi connectivity index (χ0v) is 15.5. The maximum atomic E-state index is 10.5. The lowest BCUT2D eigenvalue weighted by molar-refractivity contribution is -0.105. The predicted molar refractivity (Wildman–Crippen MR) is 110 cm³/mol. The van der Waals surface area contributed by atoms with E-state index in [1.54, 1.807) is 12.1 Å². The van der Waals surface area contributed by atoms with Crippen molar-refractivity contribution in [2.75, 3.05) is 11.9 Å². The molecule has 0 saturated carbocycles. The Kier molecular flexibility index (Phi) is 7.18. The lowest BCUT2D eigenvalue weighted by Crippen LogP contribution is -2.21. The number of para-hydroxylation sites is 1. The standard InChI is InChI=1S/C16H18N2O2.C7H6O/c19-12-18-15-9-5-4-8-14(15)16(20)11-17-10-13-6-2-1-3-7-13;1-3-7-4-2-6(1)5-8-7/h1-9,12,16-17,20H,10-11H2,(H,18,19);1-4H,5H2/t16-;/m0./s1. The minimum Gasteiger partial charge on any atom is -0.489 e. The molecule has 0 aliphatic carbocycles. The number of hydrogen-bond donors (Lipinski definition) is 3. The first-order valence-electron chi connectivity index (χ1n) is 9.20. The van der Waals surface area contributed by atoms with E-state index in [1.807, 2.05) is 54.6 Å². The molecule has 1 amide bonds. The maximum absolute atomic E-state index is 10.5. The third-order valence-electron chi connectivity index (χ3n) is 4.37. The van der Waals surface area contributed by atoms with E-state index in [0.29, 0.717) is 30.8 Å². The van der Waals surface area contributed by atoms with Gasteiger partial charge in [-0.15, -0.1) is 0 Å². The van der Waals surface area contributed by atoms with Crippen LogP contribution in [0, 0.1) is 0 Å². The zero-order chi connectivity index (χ0) is 19.6. The van der Waals surface area contributed by atoms with Gasteiger partial charge in [0.1, 0.15) is 12.4 Å². The van der Waals surface area contributed by atoms with Gasteiger partial charge in [0.15, 0.2) is 0 Å². The molecular weight excluding hydrogens is 352 g/mol. The molecule has 3 aromatic carbocycles. The minimum atomic E-state index is -0.664. The van der Waals surface area contributed by atoms with Crippen molar-refractivity contribution in [1.82, 2.24) is 5.32 Å². The number of carbonyl (C=O) groups excluding carboxylic acids is 1. The number of nitrogens with one attached hydrogen (secondary N) is 2. The normalized spacial score (nSPS) is 12.3. The molecular formula is C23H24N2O3. The molecule has 0 fully saturated rings. The first-order valence-corrected chi connectivity index (χ1v) is 9.20. The molecule has 0 radical (unpaired) electrons. The van der Waals surface area contributed by atoms with E-state index in [1.165, 1.54) is 11.1 Å². The highest BCUT2D eigenvalue weighted by Gasteiger charge is 2.11. The van der Waals surface area contributed by atoms with Gasteiger partial charge in [-0.05, 0) is 29.3 Å². The van der Waals surface area contributed by atoms with Gasteiger partial charge in [-0.3, -0.25) is 4.79 Å². The van der Waals surface area contributed by atoms with Crippen LogP contribution in [0.4, 0.5) is 5.69 Å². The number of ether oxygens (including phenoxy) is 1. The van der Waals surface area contributed by atoms with Crippen LogP contribution in [0.25, 0.3) is 0 Å². The van der Waals surface area contributed by atoms with Gasteiger partial charge in [-0.2, -0.15) is 0 Å². The van der Waals surface area contributed by atoms with Gasteiger partial charge in [-0.25, -0.2) is 0 Å². The largest absolute Gasteiger partial charge is 0.489 e. The molecule has 5 rings (SSSR count). The summed E-state index contributed by atoms with van der Waals surface area (Å²) in [5, 5.41) is 16.0. The Hall–Kier alpha value is -3.15. The van der Waals surface area contributed by atoms with Crippen molar-refractivity contribution < 1.29 is 14.6 Å². The van der Waals surface area contributed by atoms with Gasteiger partial charge in [0, 0.05) is 24.3 Å². The molecule has 0 saturated heterocycles. The molecule has 2 aliphatic heterocycles. The second-order valence-corrected chi connectivity index (χ2v) is 6.41. The lowest BCUT2D eigenvalue weighted by Gasteiger charge is -2.15. The lowest BCUT2D eigenvalue weighted by atomic mass is 10.1. The topological polar surface area (TPSA) is 70.6 Å². The first-order chi connectivity index (χ1) is 13.8. The molecule has 3 aromatic rings. The number of aliphatic hydroxyl groups excluding tert-OH is 1. The second kappa shape index (κ2) is 10.3. The summed E-state index contributed by atoms with van der Waals surface area (Å²) in [5.74, 6) is 0.986. The van der Waals surface area contributed by atoms with E-state index in [0.717, 1.165) is 12.4 Å². The molecule has 0 aromatic heterocycles. The van der Waals surface area contributed by atoms with Crippen molar-refractivity contribution in [3.63, 3.8) is 0 Å². The maximum Gasteiger partial charge on any atom is 0.211 e. The van der Waals surface area contributed by atoms with E-state index < -0.39 is 6.10 Å². The highest BCUT2D eigenvalue weighted by molar-refractivity contribution is 5.73. The number of benzene rings is 3. The van der Waals surface area contributed by atoms with Crippen LogP contribution < -0.4 is 15.4 Å². The monoisotopic (exact) mass is 376 g/mol. The fourth-order valence-corrected chi connectivity index (χ4v) is 2.89. The summed E-state index contributed by atoms with van der Waals surface area (Å²) in [6.45, 7) is 1.88. The van der Waals surface area contributed by atoms with Crippen molar-refractivity contribution in [2.45, 2.75) is 19.3 Å².